The molecule has 0 unspecified atom stereocenters. The van der Waals surface area contributed by atoms with Crippen LogP contribution in [0.5, 0.6) is 0 Å². The van der Waals surface area contributed by atoms with Gasteiger partial charge in [0.25, 0.3) is 5.56 Å². The zero-order chi connectivity index (χ0) is 11.5. The summed E-state index contributed by atoms with van der Waals surface area (Å²) in [7, 11) is 0. The van der Waals surface area contributed by atoms with Gasteiger partial charge in [-0.25, -0.2) is 0 Å². The average Bonchev–Trinajstić information content (AvgIpc) is 2.31. The molecule has 3 heteroatoms. The van der Waals surface area contributed by atoms with E-state index in [-0.39, 0.29) is 12.1 Å². The third kappa shape index (κ3) is 1.77. The molecule has 0 spiro atoms. The number of aromatic nitrogens is 1. The quantitative estimate of drug-likeness (QED) is 0.825. The van der Waals surface area contributed by atoms with Gasteiger partial charge in [-0.3, -0.25) is 9.36 Å². The van der Waals surface area contributed by atoms with E-state index in [0.717, 1.165) is 11.4 Å². The summed E-state index contributed by atoms with van der Waals surface area (Å²) < 4.78 is 1.68. The summed E-state index contributed by atoms with van der Waals surface area (Å²) in [5.41, 5.74) is 7.92. The molecule has 0 saturated heterocycles. The predicted molar refractivity (Wildman–Crippen MR) is 64.7 cm³/mol. The van der Waals surface area contributed by atoms with E-state index in [2.05, 4.69) is 0 Å². The van der Waals surface area contributed by atoms with Gasteiger partial charge in [0, 0.05) is 23.5 Å². The van der Waals surface area contributed by atoms with Crippen LogP contribution in [0.3, 0.4) is 0 Å². The molecule has 0 saturated carbocycles. The average molecular weight is 214 g/mol. The normalized spacial score (nSPS) is 10.4. The second-order valence-electron chi connectivity index (χ2n) is 3.68. The first-order valence-corrected chi connectivity index (χ1v) is 5.21. The molecule has 82 valence electrons. The summed E-state index contributed by atoms with van der Waals surface area (Å²) in [6.45, 7) is 2.18. The van der Waals surface area contributed by atoms with Crippen LogP contribution in [0, 0.1) is 6.92 Å². The van der Waals surface area contributed by atoms with Crippen molar-refractivity contribution in [2.75, 3.05) is 0 Å². The van der Waals surface area contributed by atoms with E-state index in [0.29, 0.717) is 5.56 Å². The van der Waals surface area contributed by atoms with Gasteiger partial charge in [0.15, 0.2) is 0 Å². The van der Waals surface area contributed by atoms with Gasteiger partial charge in [-0.2, -0.15) is 0 Å². The van der Waals surface area contributed by atoms with Crippen LogP contribution in [0.15, 0.2) is 47.3 Å². The van der Waals surface area contributed by atoms with Gasteiger partial charge in [-0.15, -0.1) is 0 Å². The number of hydrogen-bond acceptors (Lipinski definition) is 2. The Morgan fingerprint density at radius 3 is 2.44 bits per heavy atom. The van der Waals surface area contributed by atoms with Crippen molar-refractivity contribution in [3.05, 3.63) is 64.1 Å². The smallest absolute Gasteiger partial charge is 0.259 e. The van der Waals surface area contributed by atoms with Gasteiger partial charge in [0.05, 0.1) is 0 Å². The number of rotatable bonds is 2. The summed E-state index contributed by atoms with van der Waals surface area (Å²) in [6, 6.07) is 13.3. The highest BCUT2D eigenvalue weighted by molar-refractivity contribution is 5.35. The standard InChI is InChI=1S/C13H14N2O/c1-10-7-8-11(9-14)13(16)15(10)12-5-3-2-4-6-12/h2-8H,9,14H2,1H3. The molecule has 1 heterocycles. The molecular weight excluding hydrogens is 200 g/mol. The molecule has 0 atom stereocenters. The Morgan fingerprint density at radius 2 is 1.81 bits per heavy atom. The Balaban J connectivity index is 2.70. The van der Waals surface area contributed by atoms with Crippen molar-refractivity contribution in [1.82, 2.24) is 4.57 Å². The second kappa shape index (κ2) is 4.33. The summed E-state index contributed by atoms with van der Waals surface area (Å²) in [4.78, 5) is 12.1. The van der Waals surface area contributed by atoms with E-state index in [1.54, 1.807) is 10.6 Å². The van der Waals surface area contributed by atoms with Gasteiger partial charge < -0.3 is 5.73 Å². The Morgan fingerprint density at radius 1 is 1.12 bits per heavy atom. The van der Waals surface area contributed by atoms with E-state index in [1.807, 2.05) is 43.3 Å². The van der Waals surface area contributed by atoms with Crippen molar-refractivity contribution in [2.45, 2.75) is 13.5 Å². The minimum Gasteiger partial charge on any atom is -0.326 e. The molecule has 0 aliphatic carbocycles. The van der Waals surface area contributed by atoms with Crippen molar-refractivity contribution in [1.29, 1.82) is 0 Å². The Kier molecular flexibility index (Phi) is 2.88. The summed E-state index contributed by atoms with van der Waals surface area (Å²) >= 11 is 0. The lowest BCUT2D eigenvalue weighted by Gasteiger charge is -2.11. The van der Waals surface area contributed by atoms with E-state index in [1.165, 1.54) is 0 Å². The lowest BCUT2D eigenvalue weighted by Crippen LogP contribution is -2.25. The van der Waals surface area contributed by atoms with E-state index < -0.39 is 0 Å². The van der Waals surface area contributed by atoms with Crippen LogP contribution in [0.2, 0.25) is 0 Å². The predicted octanol–water partition coefficient (Wildman–Crippen LogP) is 1.60. The van der Waals surface area contributed by atoms with Gasteiger partial charge in [0.2, 0.25) is 0 Å². The monoisotopic (exact) mass is 214 g/mol. The number of nitrogens with zero attached hydrogens (tertiary/aromatic N) is 1. The molecule has 3 nitrogen and oxygen atoms in total. The van der Waals surface area contributed by atoms with Crippen LogP contribution in [0.1, 0.15) is 11.3 Å². The molecule has 16 heavy (non-hydrogen) atoms. The first kappa shape index (κ1) is 10.6. The first-order valence-electron chi connectivity index (χ1n) is 5.21. The van der Waals surface area contributed by atoms with Crippen LogP contribution in [-0.2, 0) is 6.54 Å². The van der Waals surface area contributed by atoms with E-state index in [4.69, 9.17) is 5.73 Å². The number of aryl methyl sites for hydroxylation is 1. The van der Waals surface area contributed by atoms with Crippen LogP contribution in [-0.4, -0.2) is 4.57 Å². The molecule has 0 bridgehead atoms. The molecule has 1 aromatic carbocycles. The number of pyridine rings is 1. The molecule has 1 aromatic heterocycles. The van der Waals surface area contributed by atoms with Gasteiger partial charge in [-0.1, -0.05) is 24.3 Å². The molecule has 2 aromatic rings. The Bertz CT molecular complexity index is 544. The number of para-hydroxylation sites is 1. The van der Waals surface area contributed by atoms with Crippen molar-refractivity contribution < 1.29 is 0 Å². The minimum atomic E-state index is -0.0336. The molecule has 2 rings (SSSR count). The fraction of sp³-hybridized carbons (Fsp3) is 0.154. The lowest BCUT2D eigenvalue weighted by atomic mass is 10.2. The SMILES string of the molecule is Cc1ccc(CN)c(=O)n1-c1ccccc1. The molecule has 0 aliphatic rings. The molecule has 0 amide bonds. The number of benzene rings is 1. The highest BCUT2D eigenvalue weighted by Crippen LogP contribution is 2.08. The van der Waals surface area contributed by atoms with Crippen LogP contribution >= 0.6 is 0 Å². The van der Waals surface area contributed by atoms with Crippen LogP contribution in [0.25, 0.3) is 5.69 Å². The Labute approximate surface area is 94.1 Å². The fourth-order valence-corrected chi connectivity index (χ4v) is 1.72. The molecule has 0 aliphatic heterocycles. The summed E-state index contributed by atoms with van der Waals surface area (Å²) in [6.07, 6.45) is 0. The molecule has 2 N–H and O–H groups in total. The summed E-state index contributed by atoms with van der Waals surface area (Å²) in [5, 5.41) is 0. The topological polar surface area (TPSA) is 48.0 Å². The lowest BCUT2D eigenvalue weighted by molar-refractivity contribution is 0.888. The third-order valence-electron chi connectivity index (χ3n) is 2.59. The van der Waals surface area contributed by atoms with Crippen LogP contribution in [0.4, 0.5) is 0 Å². The zero-order valence-electron chi connectivity index (χ0n) is 9.18. The van der Waals surface area contributed by atoms with Gasteiger partial charge >= 0.3 is 0 Å². The van der Waals surface area contributed by atoms with Crippen molar-refractivity contribution in [3.8, 4) is 5.69 Å². The highest BCUT2D eigenvalue weighted by atomic mass is 16.1. The zero-order valence-corrected chi connectivity index (χ0v) is 9.18. The van der Waals surface area contributed by atoms with E-state index in [9.17, 15) is 4.79 Å². The van der Waals surface area contributed by atoms with Crippen molar-refractivity contribution >= 4 is 0 Å². The second-order valence-corrected chi connectivity index (χ2v) is 3.68. The van der Waals surface area contributed by atoms with E-state index >= 15 is 0 Å². The fourth-order valence-electron chi connectivity index (χ4n) is 1.72. The Hall–Kier alpha value is -1.87. The maximum Gasteiger partial charge on any atom is 0.259 e. The maximum absolute atomic E-state index is 12.1. The molecule has 0 fully saturated rings. The summed E-state index contributed by atoms with van der Waals surface area (Å²) in [5.74, 6) is 0. The number of nitrogens with two attached hydrogens (primary N) is 1. The van der Waals surface area contributed by atoms with Crippen molar-refractivity contribution in [3.63, 3.8) is 0 Å². The molecule has 0 radical (unpaired) electrons. The van der Waals surface area contributed by atoms with Crippen LogP contribution < -0.4 is 11.3 Å². The molecular formula is C13H14N2O. The number of hydrogen-bond donors (Lipinski definition) is 1. The minimum absolute atomic E-state index is 0.0336. The highest BCUT2D eigenvalue weighted by Gasteiger charge is 2.06. The van der Waals surface area contributed by atoms with Gasteiger partial charge in [0.1, 0.15) is 0 Å². The first-order chi connectivity index (χ1) is 7.74. The largest absolute Gasteiger partial charge is 0.326 e. The van der Waals surface area contributed by atoms with Gasteiger partial charge in [-0.05, 0) is 25.1 Å². The van der Waals surface area contributed by atoms with Crippen molar-refractivity contribution in [2.24, 2.45) is 5.73 Å². The maximum atomic E-state index is 12.1. The third-order valence-corrected chi connectivity index (χ3v) is 2.59.